The Bertz CT molecular complexity index is 1710. The van der Waals surface area contributed by atoms with Crippen molar-refractivity contribution in [2.24, 2.45) is 4.99 Å². The summed E-state index contributed by atoms with van der Waals surface area (Å²) in [5.41, 5.74) is -2.05. The Labute approximate surface area is 236 Å². The Kier molecular flexibility index (Phi) is 8.32. The zero-order valence-corrected chi connectivity index (χ0v) is 22.6. The lowest BCUT2D eigenvalue weighted by Crippen LogP contribution is -2.26. The summed E-state index contributed by atoms with van der Waals surface area (Å²) in [5.74, 6) is 0.481. The summed E-state index contributed by atoms with van der Waals surface area (Å²) in [7, 11) is -2.88. The van der Waals surface area contributed by atoms with Crippen molar-refractivity contribution in [3.05, 3.63) is 72.2 Å². The molecular weight excluding hydrogens is 548 g/mol. The van der Waals surface area contributed by atoms with Gasteiger partial charge in [0.05, 0.1) is 25.2 Å². The number of nitrogens with zero attached hydrogens (tertiary/aromatic N) is 6. The van der Waals surface area contributed by atoms with Gasteiger partial charge < -0.3 is 19.5 Å². The Hall–Kier alpha value is -5.65. The van der Waals surface area contributed by atoms with Gasteiger partial charge >= 0.3 is 0 Å². The summed E-state index contributed by atoms with van der Waals surface area (Å²) in [4.78, 5) is 12.9. The number of aromatic nitrogens is 2. The van der Waals surface area contributed by atoms with Crippen molar-refractivity contribution in [3.63, 3.8) is 0 Å². The van der Waals surface area contributed by atoms with E-state index in [4.69, 9.17) is 14.2 Å². The minimum absolute atomic E-state index is 0.0292. The van der Waals surface area contributed by atoms with Gasteiger partial charge in [-0.2, -0.15) is 20.8 Å². The third kappa shape index (κ3) is 5.86. The van der Waals surface area contributed by atoms with Gasteiger partial charge in [-0.25, -0.2) is 13.4 Å². The topological polar surface area (TPSA) is 195 Å². The molecule has 0 unspecified atom stereocenters. The van der Waals surface area contributed by atoms with Gasteiger partial charge in [0.2, 0.25) is 11.6 Å². The molecule has 0 aliphatic carbocycles. The Morgan fingerprint density at radius 3 is 2.29 bits per heavy atom. The summed E-state index contributed by atoms with van der Waals surface area (Å²) in [6.45, 7) is 2.26. The van der Waals surface area contributed by atoms with Gasteiger partial charge in [-0.1, -0.05) is 24.3 Å². The van der Waals surface area contributed by atoms with Crippen LogP contribution in [0.2, 0.25) is 0 Å². The predicted molar refractivity (Wildman–Crippen MR) is 146 cm³/mol. The number of rotatable bonds is 10. The molecule has 0 saturated heterocycles. The smallest absolute Gasteiger partial charge is 0.263 e. The molecule has 41 heavy (non-hydrogen) atoms. The molecule has 206 valence electrons. The van der Waals surface area contributed by atoms with E-state index in [0.717, 1.165) is 0 Å². The van der Waals surface area contributed by atoms with E-state index in [1.54, 1.807) is 61.7 Å². The number of ether oxygens (including phenoxy) is 3. The normalized spacial score (nSPS) is 12.5. The van der Waals surface area contributed by atoms with E-state index in [0.29, 0.717) is 12.3 Å². The molecule has 0 saturated carbocycles. The van der Waals surface area contributed by atoms with Crippen LogP contribution in [0.15, 0.2) is 70.7 Å². The first-order valence-corrected chi connectivity index (χ1v) is 13.5. The van der Waals surface area contributed by atoms with E-state index in [9.17, 15) is 24.2 Å². The molecule has 2 aromatic carbocycles. The number of sulfonamides is 1. The zero-order chi connectivity index (χ0) is 29.5. The molecule has 0 amide bonds. The van der Waals surface area contributed by atoms with Gasteiger partial charge in [-0.3, -0.25) is 9.71 Å². The van der Waals surface area contributed by atoms with Gasteiger partial charge in [0.15, 0.2) is 23.2 Å². The highest BCUT2D eigenvalue weighted by molar-refractivity contribution is 7.92. The molecule has 2 heterocycles. The highest BCUT2D eigenvalue weighted by atomic mass is 32.2. The third-order valence-electron chi connectivity index (χ3n) is 5.63. The fourth-order valence-electron chi connectivity index (χ4n) is 3.60. The minimum Gasteiger partial charge on any atom is -0.493 e. The van der Waals surface area contributed by atoms with Crippen molar-refractivity contribution in [2.45, 2.75) is 17.2 Å². The lowest BCUT2D eigenvalue weighted by molar-refractivity contribution is 0.303. The molecule has 3 aromatic rings. The molecule has 1 aliphatic rings. The van der Waals surface area contributed by atoms with E-state index in [2.05, 4.69) is 25.0 Å². The third-order valence-corrected chi connectivity index (χ3v) is 6.99. The van der Waals surface area contributed by atoms with Crippen LogP contribution in [-0.4, -0.2) is 44.5 Å². The van der Waals surface area contributed by atoms with Crippen LogP contribution in [0.4, 0.5) is 5.82 Å². The summed E-state index contributed by atoms with van der Waals surface area (Å²) >= 11 is 0. The van der Waals surface area contributed by atoms with Crippen LogP contribution in [0.1, 0.15) is 18.3 Å². The average Bonchev–Trinajstić information content (AvgIpc) is 3.00. The Balaban J connectivity index is 1.82. The van der Waals surface area contributed by atoms with Crippen LogP contribution in [0.5, 0.6) is 23.1 Å². The minimum atomic E-state index is -4.34. The highest BCUT2D eigenvalue weighted by Gasteiger charge is 2.33. The number of nitrogens with one attached hydrogen (secondary N) is 2. The molecule has 13 nitrogen and oxygen atoms in total. The number of nitriles is 3. The molecule has 0 spiro atoms. The summed E-state index contributed by atoms with van der Waals surface area (Å²) in [5, 5.41) is 31.0. The summed E-state index contributed by atoms with van der Waals surface area (Å²) < 4.78 is 46.6. The quantitative estimate of drug-likeness (QED) is 0.363. The number of amidine groups is 1. The molecule has 1 aromatic heterocycles. The van der Waals surface area contributed by atoms with E-state index in [1.165, 1.54) is 31.4 Å². The van der Waals surface area contributed by atoms with Gasteiger partial charge in [-0.05, 0) is 37.3 Å². The van der Waals surface area contributed by atoms with Crippen LogP contribution in [0, 0.1) is 34.0 Å². The maximum absolute atomic E-state index is 13.5. The van der Waals surface area contributed by atoms with Crippen molar-refractivity contribution in [2.75, 3.05) is 25.0 Å². The van der Waals surface area contributed by atoms with E-state index in [1.807, 2.05) is 0 Å². The molecule has 0 fully saturated rings. The first-order valence-electron chi connectivity index (χ1n) is 12.0. The Morgan fingerprint density at radius 2 is 1.71 bits per heavy atom. The zero-order valence-electron chi connectivity index (χ0n) is 21.8. The van der Waals surface area contributed by atoms with Crippen molar-refractivity contribution in [1.82, 2.24) is 15.3 Å². The number of anilines is 1. The van der Waals surface area contributed by atoms with Gasteiger partial charge in [0.1, 0.15) is 18.2 Å². The number of hydrogen-bond donors (Lipinski definition) is 2. The molecule has 1 aliphatic heterocycles. The maximum atomic E-state index is 13.5. The second kappa shape index (κ2) is 12.0. The van der Waals surface area contributed by atoms with Crippen molar-refractivity contribution in [3.8, 4) is 41.3 Å². The van der Waals surface area contributed by atoms with Gasteiger partial charge in [0, 0.05) is 11.8 Å². The second-order valence-corrected chi connectivity index (χ2v) is 9.85. The number of hydrogen-bond acceptors (Lipinski definition) is 12. The van der Waals surface area contributed by atoms with Gasteiger partial charge in [0.25, 0.3) is 21.3 Å². The monoisotopic (exact) mass is 570 g/mol. The van der Waals surface area contributed by atoms with Crippen LogP contribution in [0.25, 0.3) is 0 Å². The van der Waals surface area contributed by atoms with Gasteiger partial charge in [-0.15, -0.1) is 0 Å². The van der Waals surface area contributed by atoms with Crippen molar-refractivity contribution in [1.29, 1.82) is 15.8 Å². The maximum Gasteiger partial charge on any atom is 0.263 e. The number of benzene rings is 2. The largest absolute Gasteiger partial charge is 0.493 e. The average molecular weight is 571 g/mol. The van der Waals surface area contributed by atoms with Crippen LogP contribution < -0.4 is 24.2 Å². The molecule has 2 N–H and O–H groups in total. The highest BCUT2D eigenvalue weighted by Crippen LogP contribution is 2.40. The molecule has 0 atom stereocenters. The number of aliphatic imine (C=N–C) groups is 1. The van der Waals surface area contributed by atoms with Crippen molar-refractivity contribution >= 4 is 21.7 Å². The summed E-state index contributed by atoms with van der Waals surface area (Å²) in [6.07, 6.45) is 3.43. The predicted octanol–water partition coefficient (Wildman–Crippen LogP) is 3.15. The van der Waals surface area contributed by atoms with Crippen LogP contribution in [0.3, 0.4) is 0 Å². The fourth-order valence-corrected chi connectivity index (χ4v) is 4.60. The SMILES string of the molecule is CCOc1nc(C2=NCC=CN2)nc(NS(=O)(=O)c2ccc(C(C#N)(C#N)C#N)cc2)c1Oc1ccccc1OC. The van der Waals surface area contributed by atoms with E-state index >= 15 is 0 Å². The molecule has 4 rings (SSSR count). The van der Waals surface area contributed by atoms with Crippen molar-refractivity contribution < 1.29 is 22.6 Å². The van der Waals surface area contributed by atoms with E-state index < -0.39 is 15.4 Å². The molecule has 0 radical (unpaired) electrons. The second-order valence-electron chi connectivity index (χ2n) is 8.17. The lowest BCUT2D eigenvalue weighted by atomic mass is 9.85. The molecule has 14 heteroatoms. The summed E-state index contributed by atoms with van der Waals surface area (Å²) in [6, 6.07) is 16.5. The van der Waals surface area contributed by atoms with Crippen LogP contribution >= 0.6 is 0 Å². The lowest BCUT2D eigenvalue weighted by Gasteiger charge is -2.19. The molecular formula is C27H22N8O5S. The van der Waals surface area contributed by atoms with E-state index in [-0.39, 0.29) is 51.9 Å². The first kappa shape index (κ1) is 28.4. The first-order chi connectivity index (χ1) is 19.8. The number of methoxy groups -OCH3 is 1. The number of para-hydroxylation sites is 2. The van der Waals surface area contributed by atoms with Crippen LogP contribution in [-0.2, 0) is 15.4 Å². The Morgan fingerprint density at radius 1 is 1.02 bits per heavy atom. The fraction of sp³-hybridized carbons (Fsp3) is 0.185. The molecule has 0 bridgehead atoms. The standard InChI is InChI=1S/C27H22N8O5S/c1-3-39-26-22(40-21-8-5-4-7-20(21)38-2)23(33-25(34-26)24-31-13-6-14-32-24)35-41(36,37)19-11-9-18(10-12-19)27(15-28,16-29)17-30/h4-13H,3,14H2,1-2H3,(H,31,32)(H,33,34,35).